The molecule has 2 aliphatic rings. The van der Waals surface area contributed by atoms with E-state index in [2.05, 4.69) is 25.0 Å². The van der Waals surface area contributed by atoms with E-state index in [0.717, 1.165) is 35.2 Å². The van der Waals surface area contributed by atoms with Gasteiger partial charge < -0.3 is 16.4 Å². The molecular formula is C29H29N9O2S. The van der Waals surface area contributed by atoms with Crippen molar-refractivity contribution in [2.45, 2.75) is 48.6 Å². The van der Waals surface area contributed by atoms with Crippen LogP contribution in [0, 0.1) is 0 Å². The SMILES string of the molecule is CS(=O)(=O)c1c([C@@H]2C[C@H]3CC[C@@H](C2)N3c2nccc(N)n2)nc2c(-c3ccc(-c4ccccc4)nc3)cnn2c1N. The fraction of sp³-hybridized carbons (Fsp3) is 0.276. The highest BCUT2D eigenvalue weighted by molar-refractivity contribution is 7.91. The lowest BCUT2D eigenvalue weighted by Gasteiger charge is -2.39. The summed E-state index contributed by atoms with van der Waals surface area (Å²) in [6.45, 7) is 0. The average molecular weight is 568 g/mol. The number of hydrogen-bond acceptors (Lipinski definition) is 10. The number of anilines is 3. The molecule has 2 aliphatic heterocycles. The van der Waals surface area contributed by atoms with Crippen LogP contribution in [-0.2, 0) is 9.84 Å². The zero-order chi connectivity index (χ0) is 28.3. The van der Waals surface area contributed by atoms with Crippen molar-refractivity contribution in [1.29, 1.82) is 0 Å². The lowest BCUT2D eigenvalue weighted by atomic mass is 9.88. The van der Waals surface area contributed by atoms with E-state index in [1.54, 1.807) is 24.7 Å². The highest BCUT2D eigenvalue weighted by Gasteiger charge is 2.44. The number of aromatic nitrogens is 6. The predicted molar refractivity (Wildman–Crippen MR) is 157 cm³/mol. The van der Waals surface area contributed by atoms with Crippen LogP contribution in [0.3, 0.4) is 0 Å². The van der Waals surface area contributed by atoms with Crippen LogP contribution in [0.5, 0.6) is 0 Å². The van der Waals surface area contributed by atoms with E-state index in [1.807, 2.05) is 42.5 Å². The first kappa shape index (κ1) is 25.4. The molecule has 12 heteroatoms. The molecule has 41 heavy (non-hydrogen) atoms. The number of benzene rings is 1. The second-order valence-electron chi connectivity index (χ2n) is 10.8. The standard InChI is InChI=1S/C29H29N9O2S/c1-41(39,40)26-25(19-13-20-8-9-21(14-19)37(20)29-32-12-11-24(30)35-29)36-28-22(16-34-38(28)27(26)31)18-7-10-23(33-15-18)17-5-3-2-4-6-17/h2-7,10-12,15-16,19-21H,8-9,13-14,31H2,1H3,(H2,30,32,35)/t19-,20-,21+. The van der Waals surface area contributed by atoms with Crippen LogP contribution in [0.2, 0.25) is 0 Å². The number of pyridine rings is 1. The minimum Gasteiger partial charge on any atom is -0.384 e. The molecular weight excluding hydrogens is 538 g/mol. The van der Waals surface area contributed by atoms with Crippen molar-refractivity contribution >= 4 is 33.1 Å². The molecule has 0 aliphatic carbocycles. The van der Waals surface area contributed by atoms with Crippen molar-refractivity contribution in [2.24, 2.45) is 0 Å². The smallest absolute Gasteiger partial charge is 0.227 e. The number of rotatable bonds is 5. The van der Waals surface area contributed by atoms with Crippen LogP contribution in [0.15, 0.2) is 72.0 Å². The van der Waals surface area contributed by atoms with Gasteiger partial charge in [-0.3, -0.25) is 4.98 Å². The molecule has 2 saturated heterocycles. The number of nitrogens with two attached hydrogens (primary N) is 2. The van der Waals surface area contributed by atoms with Crippen LogP contribution in [0.1, 0.15) is 37.3 Å². The average Bonchev–Trinajstić information content (AvgIpc) is 3.51. The molecule has 208 valence electrons. The molecule has 1 aromatic carbocycles. The fourth-order valence-corrected chi connectivity index (χ4v) is 7.48. The first-order valence-electron chi connectivity index (χ1n) is 13.5. The zero-order valence-electron chi connectivity index (χ0n) is 22.4. The van der Waals surface area contributed by atoms with Gasteiger partial charge in [-0.2, -0.15) is 14.6 Å². The monoisotopic (exact) mass is 567 g/mol. The van der Waals surface area contributed by atoms with Gasteiger partial charge in [0.1, 0.15) is 16.5 Å². The molecule has 0 spiro atoms. The Morgan fingerprint density at radius 3 is 2.29 bits per heavy atom. The van der Waals surface area contributed by atoms with Crippen molar-refractivity contribution in [1.82, 2.24) is 29.5 Å². The Bertz CT molecular complexity index is 1860. The number of piperidine rings is 1. The van der Waals surface area contributed by atoms with E-state index < -0.39 is 9.84 Å². The zero-order valence-corrected chi connectivity index (χ0v) is 23.2. The van der Waals surface area contributed by atoms with E-state index >= 15 is 0 Å². The van der Waals surface area contributed by atoms with Crippen molar-refractivity contribution in [2.75, 3.05) is 22.6 Å². The summed E-state index contributed by atoms with van der Waals surface area (Å²) in [6.07, 6.45) is 9.63. The Labute approximate surface area is 237 Å². The maximum Gasteiger partial charge on any atom is 0.227 e. The van der Waals surface area contributed by atoms with Crippen LogP contribution in [-0.4, -0.2) is 56.3 Å². The molecule has 4 aromatic heterocycles. The van der Waals surface area contributed by atoms with Gasteiger partial charge >= 0.3 is 0 Å². The minimum absolute atomic E-state index is 0.0512. The summed E-state index contributed by atoms with van der Waals surface area (Å²) in [4.78, 5) is 20.9. The number of nitrogen functional groups attached to an aromatic ring is 2. The normalized spacial score (nSPS) is 20.5. The van der Waals surface area contributed by atoms with E-state index in [9.17, 15) is 8.42 Å². The summed E-state index contributed by atoms with van der Waals surface area (Å²) in [6, 6.07) is 15.8. The van der Waals surface area contributed by atoms with Crippen LogP contribution < -0.4 is 16.4 Å². The molecule has 2 fully saturated rings. The minimum atomic E-state index is -3.70. The first-order valence-corrected chi connectivity index (χ1v) is 15.4. The Morgan fingerprint density at radius 1 is 0.878 bits per heavy atom. The Balaban J connectivity index is 1.30. The van der Waals surface area contributed by atoms with Gasteiger partial charge in [0, 0.05) is 53.3 Å². The molecule has 6 heterocycles. The number of hydrogen-bond donors (Lipinski definition) is 2. The third-order valence-electron chi connectivity index (χ3n) is 8.19. The lowest BCUT2D eigenvalue weighted by molar-refractivity contribution is 0.400. The number of fused-ring (bicyclic) bond motifs is 3. The quantitative estimate of drug-likeness (QED) is 0.320. The van der Waals surface area contributed by atoms with Gasteiger partial charge in [0.05, 0.1) is 17.6 Å². The Kier molecular flexibility index (Phi) is 5.89. The summed E-state index contributed by atoms with van der Waals surface area (Å²) in [5.41, 5.74) is 16.9. The van der Waals surface area contributed by atoms with Crippen LogP contribution >= 0.6 is 0 Å². The van der Waals surface area contributed by atoms with Gasteiger partial charge in [-0.05, 0) is 37.8 Å². The fourth-order valence-electron chi connectivity index (χ4n) is 6.42. The van der Waals surface area contributed by atoms with Gasteiger partial charge in [0.25, 0.3) is 0 Å². The number of sulfone groups is 1. The molecule has 5 aromatic rings. The summed E-state index contributed by atoms with van der Waals surface area (Å²) in [5.74, 6) is 1.01. The second-order valence-corrected chi connectivity index (χ2v) is 12.8. The van der Waals surface area contributed by atoms with E-state index in [-0.39, 0.29) is 28.7 Å². The molecule has 7 rings (SSSR count). The van der Waals surface area contributed by atoms with Gasteiger partial charge in [-0.1, -0.05) is 36.4 Å². The molecule has 0 saturated carbocycles. The van der Waals surface area contributed by atoms with Crippen LogP contribution in [0.4, 0.5) is 17.6 Å². The van der Waals surface area contributed by atoms with Gasteiger partial charge in [0.2, 0.25) is 5.95 Å². The Morgan fingerprint density at radius 2 is 1.63 bits per heavy atom. The molecule has 2 bridgehead atoms. The molecule has 3 atom stereocenters. The molecule has 4 N–H and O–H groups in total. The molecule has 0 amide bonds. The maximum absolute atomic E-state index is 13.1. The van der Waals surface area contributed by atoms with Crippen molar-refractivity contribution in [3.05, 3.63) is 72.8 Å². The van der Waals surface area contributed by atoms with E-state index in [0.29, 0.717) is 35.9 Å². The third-order valence-corrected chi connectivity index (χ3v) is 9.35. The summed E-state index contributed by atoms with van der Waals surface area (Å²) >= 11 is 0. The first-order chi connectivity index (χ1) is 19.8. The highest BCUT2D eigenvalue weighted by atomic mass is 32.2. The van der Waals surface area contributed by atoms with Crippen molar-refractivity contribution < 1.29 is 8.42 Å². The number of nitrogens with zero attached hydrogens (tertiary/aromatic N) is 7. The van der Waals surface area contributed by atoms with Gasteiger partial charge in [-0.25, -0.2) is 18.4 Å². The Hall–Kier alpha value is -4.58. The topological polar surface area (TPSA) is 158 Å². The summed E-state index contributed by atoms with van der Waals surface area (Å²) in [5, 5.41) is 4.44. The third kappa shape index (κ3) is 4.34. The van der Waals surface area contributed by atoms with Crippen LogP contribution in [0.25, 0.3) is 28.0 Å². The second kappa shape index (κ2) is 9.51. The summed E-state index contributed by atoms with van der Waals surface area (Å²) in [7, 11) is -3.70. The lowest BCUT2D eigenvalue weighted by Crippen LogP contribution is -2.43. The van der Waals surface area contributed by atoms with E-state index in [4.69, 9.17) is 16.5 Å². The predicted octanol–water partition coefficient (Wildman–Crippen LogP) is 3.73. The van der Waals surface area contributed by atoms with Gasteiger partial charge in [0.15, 0.2) is 15.5 Å². The largest absolute Gasteiger partial charge is 0.384 e. The van der Waals surface area contributed by atoms with Gasteiger partial charge in [-0.15, -0.1) is 0 Å². The van der Waals surface area contributed by atoms with Crippen molar-refractivity contribution in [3.63, 3.8) is 0 Å². The summed E-state index contributed by atoms with van der Waals surface area (Å²) < 4.78 is 27.6. The van der Waals surface area contributed by atoms with Crippen molar-refractivity contribution in [3.8, 4) is 22.4 Å². The van der Waals surface area contributed by atoms with E-state index in [1.165, 1.54) is 10.8 Å². The molecule has 0 radical (unpaired) electrons. The molecule has 0 unspecified atom stereocenters. The molecule has 11 nitrogen and oxygen atoms in total. The maximum atomic E-state index is 13.1. The highest BCUT2D eigenvalue weighted by Crippen LogP contribution is 2.46.